The lowest BCUT2D eigenvalue weighted by atomic mass is 10.1. The Morgan fingerprint density at radius 1 is 1.37 bits per heavy atom. The van der Waals surface area contributed by atoms with Crippen LogP contribution in [-0.4, -0.2) is 28.6 Å². The van der Waals surface area contributed by atoms with Gasteiger partial charge in [0, 0.05) is 18.5 Å². The van der Waals surface area contributed by atoms with Crippen molar-refractivity contribution < 1.29 is 12.6 Å². The Bertz CT molecular complexity index is 577. The average Bonchev–Trinajstić information content (AvgIpc) is 2.26. The topological polar surface area (TPSA) is 76.1 Å². The second-order valence-electron chi connectivity index (χ2n) is 5.42. The van der Waals surface area contributed by atoms with Crippen LogP contribution in [0.1, 0.15) is 39.3 Å². The second-order valence-corrected chi connectivity index (χ2v) is 9.38. The van der Waals surface area contributed by atoms with E-state index in [1.54, 1.807) is 6.07 Å². The van der Waals surface area contributed by atoms with Crippen LogP contribution in [0.25, 0.3) is 0 Å². The van der Waals surface area contributed by atoms with Crippen LogP contribution in [0.4, 0.5) is 0 Å². The molecule has 0 saturated carbocycles. The van der Waals surface area contributed by atoms with Crippen LogP contribution in [0, 0.1) is 0 Å². The van der Waals surface area contributed by atoms with Crippen LogP contribution in [-0.2, 0) is 20.8 Å². The molecule has 0 radical (unpaired) electrons. The second kappa shape index (κ2) is 5.68. The van der Waals surface area contributed by atoms with Crippen LogP contribution < -0.4 is 4.72 Å². The van der Waals surface area contributed by atoms with E-state index in [4.69, 9.17) is 0 Å². The van der Waals surface area contributed by atoms with E-state index in [-0.39, 0.29) is 15.8 Å². The van der Waals surface area contributed by atoms with Gasteiger partial charge < -0.3 is 0 Å². The summed E-state index contributed by atoms with van der Waals surface area (Å²) in [6.45, 7) is 7.46. The van der Waals surface area contributed by atoms with Gasteiger partial charge in [0.25, 0.3) is 0 Å². The van der Waals surface area contributed by atoms with Crippen LogP contribution in [0.5, 0.6) is 0 Å². The Labute approximate surface area is 117 Å². The van der Waals surface area contributed by atoms with E-state index < -0.39 is 20.8 Å². The molecule has 5 nitrogen and oxygen atoms in total. The lowest BCUT2D eigenvalue weighted by molar-refractivity contribution is 0.597. The number of aromatic nitrogens is 1. The van der Waals surface area contributed by atoms with E-state index in [1.165, 1.54) is 12.3 Å². The first-order valence-electron chi connectivity index (χ1n) is 5.86. The van der Waals surface area contributed by atoms with E-state index in [1.807, 2.05) is 27.7 Å². The third-order valence-electron chi connectivity index (χ3n) is 2.48. The highest BCUT2D eigenvalue weighted by Gasteiger charge is 2.22. The smallest absolute Gasteiger partial charge is 0.192 e. The Morgan fingerprint density at radius 3 is 2.42 bits per heavy atom. The van der Waals surface area contributed by atoms with Crippen molar-refractivity contribution in [3.63, 3.8) is 0 Å². The summed E-state index contributed by atoms with van der Waals surface area (Å²) in [6, 6.07) is 3.00. The first kappa shape index (κ1) is 16.3. The zero-order valence-corrected chi connectivity index (χ0v) is 13.4. The van der Waals surface area contributed by atoms with Crippen LogP contribution >= 0.6 is 0 Å². The molecule has 1 aromatic heterocycles. The van der Waals surface area contributed by atoms with Crippen molar-refractivity contribution in [1.82, 2.24) is 9.71 Å². The summed E-state index contributed by atoms with van der Waals surface area (Å²) in [5.41, 5.74) is 0.744. The van der Waals surface area contributed by atoms with Gasteiger partial charge >= 0.3 is 0 Å². The molecule has 108 valence electrons. The highest BCUT2D eigenvalue weighted by Crippen LogP contribution is 2.18. The summed E-state index contributed by atoms with van der Waals surface area (Å²) >= 11 is 0. The third-order valence-corrected chi connectivity index (χ3v) is 5.14. The fraction of sp³-hybridized carbons (Fsp3) is 0.583. The van der Waals surface area contributed by atoms with Crippen LogP contribution in [0.15, 0.2) is 23.4 Å². The Balaban J connectivity index is 2.96. The van der Waals surface area contributed by atoms with E-state index in [0.717, 1.165) is 11.8 Å². The summed E-state index contributed by atoms with van der Waals surface area (Å²) in [7, 11) is -4.55. The first-order valence-corrected chi connectivity index (χ1v) is 8.90. The van der Waals surface area contributed by atoms with Gasteiger partial charge in [-0.1, -0.05) is 0 Å². The van der Waals surface area contributed by atoms with Crippen LogP contribution in [0.3, 0.4) is 0 Å². The Kier molecular flexibility index (Phi) is 4.86. The van der Waals surface area contributed by atoms with E-state index >= 15 is 0 Å². The number of nitrogens with zero attached hydrogens (tertiary/aromatic N) is 1. The summed E-state index contributed by atoms with van der Waals surface area (Å²) in [6.07, 6.45) is 2.56. The minimum Gasteiger partial charge on any atom is -0.245 e. The van der Waals surface area contributed by atoms with Gasteiger partial charge in [-0.15, -0.1) is 0 Å². The fourth-order valence-electron chi connectivity index (χ4n) is 1.30. The summed E-state index contributed by atoms with van der Waals surface area (Å²) in [4.78, 5) is 3.83. The molecule has 0 amide bonds. The third kappa shape index (κ3) is 4.67. The molecule has 1 N–H and O–H groups in total. The van der Waals surface area contributed by atoms with E-state index in [0.29, 0.717) is 0 Å². The number of nitrogens with one attached hydrogen (secondary N) is 1. The zero-order valence-electron chi connectivity index (χ0n) is 11.8. The van der Waals surface area contributed by atoms with Gasteiger partial charge in [0.15, 0.2) is 14.9 Å². The molecular weight excluding hydrogens is 284 g/mol. The molecule has 2 atom stereocenters. The highest BCUT2D eigenvalue weighted by atomic mass is 32.2. The molecule has 0 aliphatic heterocycles. The first-order chi connectivity index (χ1) is 8.51. The minimum atomic E-state index is -3.33. The van der Waals surface area contributed by atoms with Gasteiger partial charge in [0.2, 0.25) is 0 Å². The molecule has 0 saturated heterocycles. The van der Waals surface area contributed by atoms with Crippen molar-refractivity contribution in [2.24, 2.45) is 0 Å². The largest absolute Gasteiger partial charge is 0.245 e. The van der Waals surface area contributed by atoms with Gasteiger partial charge in [0.05, 0.1) is 15.7 Å². The summed E-state index contributed by atoms with van der Waals surface area (Å²) in [5, 5.41) is 0.0280. The van der Waals surface area contributed by atoms with Gasteiger partial charge in [0.1, 0.15) is 0 Å². The maximum absolute atomic E-state index is 12.0. The number of rotatable bonds is 4. The summed E-state index contributed by atoms with van der Waals surface area (Å²) in [5.74, 6) is 0. The Morgan fingerprint density at radius 2 is 1.95 bits per heavy atom. The normalized spacial score (nSPS) is 16.1. The highest BCUT2D eigenvalue weighted by molar-refractivity contribution is 7.90. The number of sulfone groups is 1. The van der Waals surface area contributed by atoms with Crippen molar-refractivity contribution in [3.8, 4) is 0 Å². The standard InChI is InChI=1S/C12H20N2O3S2/c1-9(14-18(15)12(2,3)4)10-6-7-13-11(8-10)19(5,16)17/h6-9,14H,1-5H3/t9-,18+/m0/s1. The van der Waals surface area contributed by atoms with Crippen molar-refractivity contribution in [2.75, 3.05) is 6.26 Å². The van der Waals surface area contributed by atoms with Gasteiger partial charge in [-0.3, -0.25) is 0 Å². The maximum atomic E-state index is 12.0. The number of hydrogen-bond donors (Lipinski definition) is 1. The molecule has 7 heteroatoms. The van der Waals surface area contributed by atoms with Gasteiger partial charge in [-0.05, 0) is 45.4 Å². The molecule has 1 rings (SSSR count). The molecule has 1 heterocycles. The molecule has 0 aromatic carbocycles. The lowest BCUT2D eigenvalue weighted by Gasteiger charge is -2.22. The Hall–Kier alpha value is -0.790. The molecule has 0 aliphatic rings. The molecule has 0 fully saturated rings. The predicted molar refractivity (Wildman–Crippen MR) is 76.8 cm³/mol. The number of pyridine rings is 1. The molecule has 0 aliphatic carbocycles. The lowest BCUT2D eigenvalue weighted by Crippen LogP contribution is -2.34. The SMILES string of the molecule is C[C@H](N[S@](=O)C(C)(C)C)c1ccnc(S(C)(=O)=O)c1. The zero-order chi connectivity index (χ0) is 14.8. The van der Waals surface area contributed by atoms with Crippen molar-refractivity contribution in [3.05, 3.63) is 23.9 Å². The quantitative estimate of drug-likeness (QED) is 0.916. The van der Waals surface area contributed by atoms with Gasteiger partial charge in [-0.2, -0.15) is 0 Å². The maximum Gasteiger partial charge on any atom is 0.192 e. The monoisotopic (exact) mass is 304 g/mol. The molecule has 1 aromatic rings. The minimum absolute atomic E-state index is 0.0280. The average molecular weight is 304 g/mol. The van der Waals surface area contributed by atoms with Gasteiger partial charge in [-0.25, -0.2) is 22.3 Å². The molecule has 0 bridgehead atoms. The van der Waals surface area contributed by atoms with Crippen molar-refractivity contribution in [2.45, 2.75) is 43.5 Å². The van der Waals surface area contributed by atoms with E-state index in [9.17, 15) is 12.6 Å². The molecule has 19 heavy (non-hydrogen) atoms. The molecule has 0 spiro atoms. The molecular formula is C12H20N2O3S2. The fourth-order valence-corrected chi connectivity index (χ4v) is 2.72. The number of hydrogen-bond acceptors (Lipinski definition) is 4. The molecule has 0 unspecified atom stereocenters. The van der Waals surface area contributed by atoms with Crippen molar-refractivity contribution >= 4 is 20.8 Å². The van der Waals surface area contributed by atoms with E-state index in [2.05, 4.69) is 9.71 Å². The predicted octanol–water partition coefficient (Wildman–Crippen LogP) is 1.60. The van der Waals surface area contributed by atoms with Crippen LogP contribution in [0.2, 0.25) is 0 Å². The summed E-state index contributed by atoms with van der Waals surface area (Å²) < 4.78 is 37.5. The van der Waals surface area contributed by atoms with Crippen molar-refractivity contribution in [1.29, 1.82) is 0 Å².